The molecule has 2 nitrogen and oxygen atoms in total. The number of ether oxygens (including phenoxy) is 1. The molecule has 1 N–H and O–H groups in total. The Hall–Kier alpha value is -0.860. The lowest BCUT2D eigenvalue weighted by atomic mass is 9.96. The summed E-state index contributed by atoms with van der Waals surface area (Å²) in [5, 5.41) is 3.60. The van der Waals surface area contributed by atoms with Crippen LogP contribution in [0.2, 0.25) is 0 Å². The zero-order chi connectivity index (χ0) is 13.8. The molecule has 0 spiro atoms. The maximum absolute atomic E-state index is 6.04. The largest absolute Gasteiger partial charge is 0.374 e. The minimum atomic E-state index is 0.372. The van der Waals surface area contributed by atoms with Crippen molar-refractivity contribution in [2.45, 2.75) is 65.2 Å². The summed E-state index contributed by atoms with van der Waals surface area (Å²) in [5.74, 6) is 0. The van der Waals surface area contributed by atoms with E-state index in [4.69, 9.17) is 4.74 Å². The van der Waals surface area contributed by atoms with Crippen LogP contribution in [-0.2, 0) is 11.2 Å². The number of hydrogen-bond acceptors (Lipinski definition) is 2. The van der Waals surface area contributed by atoms with Gasteiger partial charge in [-0.15, -0.1) is 0 Å². The summed E-state index contributed by atoms with van der Waals surface area (Å²) < 4.78 is 6.04. The zero-order valence-corrected chi connectivity index (χ0v) is 12.7. The van der Waals surface area contributed by atoms with Crippen molar-refractivity contribution in [1.29, 1.82) is 0 Å². The summed E-state index contributed by atoms with van der Waals surface area (Å²) in [5.41, 5.74) is 4.17. The first-order chi connectivity index (χ1) is 9.10. The van der Waals surface area contributed by atoms with Crippen molar-refractivity contribution < 1.29 is 4.74 Å². The van der Waals surface area contributed by atoms with Crippen molar-refractivity contribution in [2.24, 2.45) is 0 Å². The van der Waals surface area contributed by atoms with Gasteiger partial charge in [0.15, 0.2) is 0 Å². The Morgan fingerprint density at radius 3 is 2.63 bits per heavy atom. The number of aryl methyl sites for hydroxylation is 2. The first kappa shape index (κ1) is 14.5. The fourth-order valence-corrected chi connectivity index (χ4v) is 2.91. The maximum Gasteiger partial charge on any atom is 0.0735 e. The Kier molecular flexibility index (Phi) is 5.00. The van der Waals surface area contributed by atoms with Crippen LogP contribution >= 0.6 is 0 Å². The monoisotopic (exact) mass is 261 g/mol. The standard InChI is InChI=1S/C17H27NO/c1-5-18-16(17-9-7-14(4)19-17)11-15-8-6-12(2)13(3)10-15/h6,8,10,14,16-18H,5,7,9,11H2,1-4H3. The molecule has 1 heterocycles. The van der Waals surface area contributed by atoms with Crippen molar-refractivity contribution in [1.82, 2.24) is 5.32 Å². The molecule has 0 amide bonds. The van der Waals surface area contributed by atoms with E-state index in [1.807, 2.05) is 0 Å². The van der Waals surface area contributed by atoms with Crippen molar-refractivity contribution in [3.63, 3.8) is 0 Å². The maximum atomic E-state index is 6.04. The quantitative estimate of drug-likeness (QED) is 0.877. The van der Waals surface area contributed by atoms with Gasteiger partial charge in [0.25, 0.3) is 0 Å². The third-order valence-corrected chi connectivity index (χ3v) is 4.21. The third kappa shape index (κ3) is 3.80. The van der Waals surface area contributed by atoms with Crippen molar-refractivity contribution in [2.75, 3.05) is 6.54 Å². The lowest BCUT2D eigenvalue weighted by Gasteiger charge is -2.25. The molecule has 1 fully saturated rings. The van der Waals surface area contributed by atoms with Gasteiger partial charge in [-0.25, -0.2) is 0 Å². The van der Waals surface area contributed by atoms with E-state index in [9.17, 15) is 0 Å². The molecule has 2 rings (SSSR count). The molecule has 2 heteroatoms. The van der Waals surface area contributed by atoms with Crippen molar-refractivity contribution in [3.8, 4) is 0 Å². The summed E-state index contributed by atoms with van der Waals surface area (Å²) in [6, 6.07) is 7.24. The molecule has 1 aromatic rings. The number of likely N-dealkylation sites (N-methyl/N-ethyl adjacent to an activating group) is 1. The lowest BCUT2D eigenvalue weighted by Crippen LogP contribution is -2.41. The van der Waals surface area contributed by atoms with Crippen molar-refractivity contribution in [3.05, 3.63) is 34.9 Å². The Morgan fingerprint density at radius 2 is 2.05 bits per heavy atom. The summed E-state index contributed by atoms with van der Waals surface area (Å²) in [4.78, 5) is 0. The second kappa shape index (κ2) is 6.53. The molecule has 1 aliphatic heterocycles. The molecule has 0 bridgehead atoms. The number of nitrogens with one attached hydrogen (secondary N) is 1. The van der Waals surface area contributed by atoms with Gasteiger partial charge in [0.05, 0.1) is 12.2 Å². The average molecular weight is 261 g/mol. The van der Waals surface area contributed by atoms with Crippen LogP contribution in [0.4, 0.5) is 0 Å². The normalized spacial score (nSPS) is 24.6. The smallest absolute Gasteiger partial charge is 0.0735 e. The zero-order valence-electron chi connectivity index (χ0n) is 12.7. The fourth-order valence-electron chi connectivity index (χ4n) is 2.91. The van der Waals surface area contributed by atoms with Crippen LogP contribution in [0, 0.1) is 13.8 Å². The number of hydrogen-bond donors (Lipinski definition) is 1. The lowest BCUT2D eigenvalue weighted by molar-refractivity contribution is 0.0324. The van der Waals surface area contributed by atoms with Crippen LogP contribution in [0.15, 0.2) is 18.2 Å². The SMILES string of the molecule is CCNC(Cc1ccc(C)c(C)c1)C1CCC(C)O1. The van der Waals surface area contributed by atoms with Gasteiger partial charge in [-0.2, -0.15) is 0 Å². The predicted molar refractivity (Wildman–Crippen MR) is 80.7 cm³/mol. The first-order valence-corrected chi connectivity index (χ1v) is 7.55. The molecule has 3 unspecified atom stereocenters. The highest BCUT2D eigenvalue weighted by Crippen LogP contribution is 2.24. The van der Waals surface area contributed by atoms with Crippen LogP contribution in [0.5, 0.6) is 0 Å². The van der Waals surface area contributed by atoms with Gasteiger partial charge >= 0.3 is 0 Å². The van der Waals surface area contributed by atoms with Crippen LogP contribution in [0.1, 0.15) is 43.4 Å². The van der Waals surface area contributed by atoms with Gasteiger partial charge in [-0.1, -0.05) is 25.1 Å². The Bertz CT molecular complexity index is 416. The van der Waals surface area contributed by atoms with Gasteiger partial charge in [-0.05, 0) is 63.3 Å². The highest BCUT2D eigenvalue weighted by Gasteiger charge is 2.29. The first-order valence-electron chi connectivity index (χ1n) is 7.55. The third-order valence-electron chi connectivity index (χ3n) is 4.21. The molecular weight excluding hydrogens is 234 g/mol. The molecule has 19 heavy (non-hydrogen) atoms. The summed E-state index contributed by atoms with van der Waals surface area (Å²) >= 11 is 0. The predicted octanol–water partition coefficient (Wildman–Crippen LogP) is 3.39. The Morgan fingerprint density at radius 1 is 1.26 bits per heavy atom. The minimum Gasteiger partial charge on any atom is -0.374 e. The summed E-state index contributed by atoms with van der Waals surface area (Å²) in [6.07, 6.45) is 4.23. The van der Waals surface area contributed by atoms with E-state index in [1.54, 1.807) is 0 Å². The number of rotatable bonds is 5. The second-order valence-corrected chi connectivity index (χ2v) is 5.85. The summed E-state index contributed by atoms with van der Waals surface area (Å²) in [7, 11) is 0. The van der Waals surface area contributed by atoms with E-state index in [2.05, 4.69) is 51.2 Å². The fraction of sp³-hybridized carbons (Fsp3) is 0.647. The van der Waals surface area contributed by atoms with E-state index in [1.165, 1.54) is 29.5 Å². The molecular formula is C17H27NO. The van der Waals surface area contributed by atoms with E-state index in [0.717, 1.165) is 13.0 Å². The topological polar surface area (TPSA) is 21.3 Å². The minimum absolute atomic E-state index is 0.372. The molecule has 1 saturated heterocycles. The van der Waals surface area contributed by atoms with Gasteiger partial charge in [0.1, 0.15) is 0 Å². The molecule has 106 valence electrons. The number of benzene rings is 1. The highest BCUT2D eigenvalue weighted by atomic mass is 16.5. The Balaban J connectivity index is 2.05. The van der Waals surface area contributed by atoms with Gasteiger partial charge in [0.2, 0.25) is 0 Å². The van der Waals surface area contributed by atoms with Crippen LogP contribution < -0.4 is 5.32 Å². The van der Waals surface area contributed by atoms with Crippen LogP contribution in [-0.4, -0.2) is 24.8 Å². The average Bonchev–Trinajstić information content (AvgIpc) is 2.80. The van der Waals surface area contributed by atoms with Crippen LogP contribution in [0.25, 0.3) is 0 Å². The van der Waals surface area contributed by atoms with E-state index in [-0.39, 0.29) is 0 Å². The van der Waals surface area contributed by atoms with Crippen molar-refractivity contribution >= 4 is 0 Å². The van der Waals surface area contributed by atoms with E-state index in [0.29, 0.717) is 18.2 Å². The summed E-state index contributed by atoms with van der Waals surface area (Å²) in [6.45, 7) is 9.71. The Labute approximate surface area is 117 Å². The van der Waals surface area contributed by atoms with E-state index >= 15 is 0 Å². The molecule has 3 atom stereocenters. The van der Waals surface area contributed by atoms with Gasteiger partial charge in [-0.3, -0.25) is 0 Å². The molecule has 0 aromatic heterocycles. The highest BCUT2D eigenvalue weighted by molar-refractivity contribution is 5.30. The van der Waals surface area contributed by atoms with Gasteiger partial charge < -0.3 is 10.1 Å². The second-order valence-electron chi connectivity index (χ2n) is 5.85. The molecule has 1 aliphatic rings. The van der Waals surface area contributed by atoms with Gasteiger partial charge in [0, 0.05) is 6.04 Å². The van der Waals surface area contributed by atoms with E-state index < -0.39 is 0 Å². The molecule has 0 saturated carbocycles. The molecule has 0 radical (unpaired) electrons. The molecule has 1 aromatic carbocycles. The van der Waals surface area contributed by atoms with Crippen LogP contribution in [0.3, 0.4) is 0 Å². The molecule has 0 aliphatic carbocycles.